The van der Waals surface area contributed by atoms with Gasteiger partial charge in [0.25, 0.3) is 0 Å². The van der Waals surface area contributed by atoms with Gasteiger partial charge in [-0.15, -0.1) is 5.10 Å². The molecule has 1 saturated carbocycles. The van der Waals surface area contributed by atoms with Crippen molar-refractivity contribution in [2.75, 3.05) is 0 Å². The number of hydrogen-bond donors (Lipinski definition) is 0. The monoisotopic (exact) mass is 245 g/mol. The molecule has 1 fully saturated rings. The smallest absolute Gasteiger partial charge is 0.550 e. The number of carboxylic acid groups (broad SMARTS) is 1. The molecule has 1 aliphatic rings. The van der Waals surface area contributed by atoms with Crippen LogP contribution in [0.1, 0.15) is 50.1 Å². The van der Waals surface area contributed by atoms with Gasteiger partial charge in [0, 0.05) is 24.6 Å². The van der Waals surface area contributed by atoms with E-state index in [-0.39, 0.29) is 36.0 Å². The van der Waals surface area contributed by atoms with Crippen molar-refractivity contribution < 1.29 is 39.5 Å². The molecular weight excluding hydrogens is 229 g/mol. The van der Waals surface area contributed by atoms with Crippen LogP contribution in [0.25, 0.3) is 0 Å². The Hall–Kier alpha value is -0.390. The molecule has 0 aliphatic heterocycles. The van der Waals surface area contributed by atoms with Crippen molar-refractivity contribution in [2.24, 2.45) is 0 Å². The minimum absolute atomic E-state index is 0. The number of nitrogens with zero attached hydrogens (tertiary/aromatic N) is 3. The van der Waals surface area contributed by atoms with Gasteiger partial charge >= 0.3 is 29.6 Å². The van der Waals surface area contributed by atoms with Crippen molar-refractivity contribution in [3.05, 3.63) is 11.9 Å². The molecule has 0 radical (unpaired) electrons. The van der Waals surface area contributed by atoms with E-state index in [9.17, 15) is 9.90 Å². The molecule has 0 spiro atoms. The Balaban J connectivity index is 0.00000144. The Morgan fingerprint density at radius 2 is 2.18 bits per heavy atom. The molecule has 0 saturated heterocycles. The summed E-state index contributed by atoms with van der Waals surface area (Å²) in [7, 11) is 0. The van der Waals surface area contributed by atoms with Gasteiger partial charge in [-0.3, -0.25) is 4.68 Å². The van der Waals surface area contributed by atoms with Crippen LogP contribution in [0.5, 0.6) is 0 Å². The van der Waals surface area contributed by atoms with E-state index in [0.717, 1.165) is 5.69 Å². The van der Waals surface area contributed by atoms with Crippen LogP contribution in [0.3, 0.4) is 0 Å². The summed E-state index contributed by atoms with van der Waals surface area (Å²) < 4.78 is 1.73. The van der Waals surface area contributed by atoms with Gasteiger partial charge in [-0.2, -0.15) is 0 Å². The standard InChI is InChI=1S/C11H17N3O2.Na/c15-11(16)6-3-7-14-8-10(12-13-14)9-4-1-2-5-9;/h8-9H,1-7H2,(H,15,16);/q;+1/p-1. The van der Waals surface area contributed by atoms with Crippen molar-refractivity contribution in [1.82, 2.24) is 15.0 Å². The van der Waals surface area contributed by atoms with Crippen LogP contribution in [0.15, 0.2) is 6.20 Å². The van der Waals surface area contributed by atoms with Gasteiger partial charge in [-0.05, 0) is 25.7 Å². The molecule has 88 valence electrons. The maximum absolute atomic E-state index is 10.2. The van der Waals surface area contributed by atoms with Crippen LogP contribution in [-0.4, -0.2) is 21.0 Å². The van der Waals surface area contributed by atoms with Gasteiger partial charge < -0.3 is 9.90 Å². The summed E-state index contributed by atoms with van der Waals surface area (Å²) in [6, 6.07) is 0. The number of aryl methyl sites for hydroxylation is 1. The fraction of sp³-hybridized carbons (Fsp3) is 0.727. The minimum atomic E-state index is -1.00. The number of carbonyl (C=O) groups is 1. The van der Waals surface area contributed by atoms with E-state index in [1.807, 2.05) is 6.20 Å². The summed E-state index contributed by atoms with van der Waals surface area (Å²) in [6.45, 7) is 0.605. The van der Waals surface area contributed by atoms with Crippen molar-refractivity contribution in [2.45, 2.75) is 51.0 Å². The first-order chi connectivity index (χ1) is 7.75. The number of hydrogen-bond acceptors (Lipinski definition) is 4. The average Bonchev–Trinajstić information content (AvgIpc) is 2.85. The zero-order valence-electron chi connectivity index (χ0n) is 10.3. The molecule has 0 N–H and O–H groups in total. The van der Waals surface area contributed by atoms with Gasteiger partial charge in [0.05, 0.1) is 5.69 Å². The number of rotatable bonds is 5. The van der Waals surface area contributed by atoms with Crippen molar-refractivity contribution in [3.8, 4) is 0 Å². The van der Waals surface area contributed by atoms with Crippen LogP contribution in [0.2, 0.25) is 0 Å². The zero-order chi connectivity index (χ0) is 11.4. The first-order valence-electron chi connectivity index (χ1n) is 5.85. The second-order valence-electron chi connectivity index (χ2n) is 4.36. The Kier molecular flexibility index (Phi) is 6.16. The summed E-state index contributed by atoms with van der Waals surface area (Å²) in [5.74, 6) is -0.439. The Morgan fingerprint density at radius 3 is 2.82 bits per heavy atom. The molecule has 2 rings (SSSR count). The average molecular weight is 245 g/mol. The van der Waals surface area contributed by atoms with E-state index >= 15 is 0 Å². The van der Waals surface area contributed by atoms with E-state index < -0.39 is 5.97 Å². The number of aromatic nitrogens is 3. The van der Waals surface area contributed by atoms with Crippen molar-refractivity contribution in [3.63, 3.8) is 0 Å². The van der Waals surface area contributed by atoms with E-state index in [4.69, 9.17) is 0 Å². The van der Waals surface area contributed by atoms with E-state index in [2.05, 4.69) is 10.3 Å². The third-order valence-electron chi connectivity index (χ3n) is 3.10. The molecule has 0 unspecified atom stereocenters. The Bertz CT molecular complexity index is 361. The third-order valence-corrected chi connectivity index (χ3v) is 3.10. The van der Waals surface area contributed by atoms with Crippen molar-refractivity contribution >= 4 is 5.97 Å². The molecule has 0 atom stereocenters. The summed E-state index contributed by atoms with van der Waals surface area (Å²) in [5, 5.41) is 18.4. The fourth-order valence-corrected chi connectivity index (χ4v) is 2.22. The van der Waals surface area contributed by atoms with Gasteiger partial charge in [-0.25, -0.2) is 0 Å². The summed E-state index contributed by atoms with van der Waals surface area (Å²) >= 11 is 0. The fourth-order valence-electron chi connectivity index (χ4n) is 2.22. The molecule has 1 aromatic heterocycles. The number of carboxylic acids is 1. The quantitative estimate of drug-likeness (QED) is 0.536. The second kappa shape index (κ2) is 7.13. The summed E-state index contributed by atoms with van der Waals surface area (Å²) in [6.07, 6.45) is 7.56. The first-order valence-corrected chi connectivity index (χ1v) is 5.85. The topological polar surface area (TPSA) is 70.8 Å². The molecule has 17 heavy (non-hydrogen) atoms. The van der Waals surface area contributed by atoms with E-state index in [1.54, 1.807) is 4.68 Å². The summed E-state index contributed by atoms with van der Waals surface area (Å²) in [4.78, 5) is 10.2. The number of aliphatic carboxylic acids is 1. The van der Waals surface area contributed by atoms with Crippen LogP contribution >= 0.6 is 0 Å². The number of carbonyl (C=O) groups excluding carboxylic acids is 1. The molecule has 0 aromatic carbocycles. The van der Waals surface area contributed by atoms with Crippen LogP contribution in [0, 0.1) is 0 Å². The molecule has 0 amide bonds. The first kappa shape index (κ1) is 14.7. The zero-order valence-corrected chi connectivity index (χ0v) is 12.3. The second-order valence-corrected chi connectivity index (χ2v) is 4.36. The van der Waals surface area contributed by atoms with Gasteiger partial charge in [0.15, 0.2) is 0 Å². The Morgan fingerprint density at radius 1 is 1.47 bits per heavy atom. The minimum Gasteiger partial charge on any atom is -0.550 e. The molecule has 0 bridgehead atoms. The molecule has 1 heterocycles. The molecule has 1 aromatic rings. The molecule has 1 aliphatic carbocycles. The van der Waals surface area contributed by atoms with Crippen LogP contribution < -0.4 is 34.7 Å². The van der Waals surface area contributed by atoms with E-state index in [1.165, 1.54) is 25.7 Å². The SMILES string of the molecule is O=C([O-])CCCn1cc(C2CCCC2)nn1.[Na+]. The summed E-state index contributed by atoms with van der Waals surface area (Å²) in [5.41, 5.74) is 1.06. The Labute approximate surface area is 123 Å². The van der Waals surface area contributed by atoms with Gasteiger partial charge in [0.2, 0.25) is 0 Å². The third kappa shape index (κ3) is 4.41. The van der Waals surface area contributed by atoms with E-state index in [0.29, 0.717) is 18.9 Å². The maximum Gasteiger partial charge on any atom is 1.00 e. The largest absolute Gasteiger partial charge is 1.00 e. The van der Waals surface area contributed by atoms with Gasteiger partial charge in [-0.1, -0.05) is 18.1 Å². The normalized spacial score (nSPS) is 15.8. The predicted octanol–water partition coefficient (Wildman–Crippen LogP) is -2.53. The van der Waals surface area contributed by atoms with Crippen LogP contribution in [0.4, 0.5) is 0 Å². The van der Waals surface area contributed by atoms with Crippen LogP contribution in [-0.2, 0) is 11.3 Å². The molecular formula is C11H16N3NaO2. The molecule has 6 heteroatoms. The van der Waals surface area contributed by atoms with Gasteiger partial charge in [0.1, 0.15) is 0 Å². The molecule has 5 nitrogen and oxygen atoms in total. The van der Waals surface area contributed by atoms with Crippen molar-refractivity contribution in [1.29, 1.82) is 0 Å². The maximum atomic E-state index is 10.2. The predicted molar refractivity (Wildman–Crippen MR) is 55.5 cm³/mol.